The smallest absolute Gasteiger partial charge is 0.247 e. The number of hydrogen-bond donors (Lipinski definition) is 1. The monoisotopic (exact) mass is 423 g/mol. The van der Waals surface area contributed by atoms with E-state index in [4.69, 9.17) is 11.6 Å². The summed E-state index contributed by atoms with van der Waals surface area (Å²) in [6.45, 7) is 5.97. The number of carbonyl (C=O) groups excluding carboxylic acids is 1. The fourth-order valence-electron chi connectivity index (χ4n) is 4.31. The lowest BCUT2D eigenvalue weighted by Gasteiger charge is -2.36. The SMILES string of the molecule is O=C(NCCCCN1CCN(c2ccccc2Cl)CC1)C1=Cc2ccccc2CC1. The van der Waals surface area contributed by atoms with Crippen LogP contribution in [0.1, 0.15) is 30.4 Å². The van der Waals surface area contributed by atoms with E-state index in [2.05, 4.69) is 39.4 Å². The van der Waals surface area contributed by atoms with Gasteiger partial charge in [0.2, 0.25) is 5.91 Å². The lowest BCUT2D eigenvalue weighted by atomic mass is 9.92. The Labute approximate surface area is 184 Å². The molecule has 0 atom stereocenters. The maximum Gasteiger partial charge on any atom is 0.247 e. The van der Waals surface area contributed by atoms with Gasteiger partial charge in [0.1, 0.15) is 0 Å². The summed E-state index contributed by atoms with van der Waals surface area (Å²) in [7, 11) is 0. The van der Waals surface area contributed by atoms with Crippen molar-refractivity contribution in [3.8, 4) is 0 Å². The number of unbranched alkanes of at least 4 members (excludes halogenated alkanes) is 1. The number of nitrogens with one attached hydrogen (secondary N) is 1. The number of anilines is 1. The molecule has 2 aromatic carbocycles. The van der Waals surface area contributed by atoms with E-state index in [1.54, 1.807) is 0 Å². The van der Waals surface area contributed by atoms with Crippen LogP contribution in [-0.4, -0.2) is 50.1 Å². The standard InChI is InChI=1S/C25H30ClN3O/c26-23-9-3-4-10-24(23)29-17-15-28(16-18-29)14-6-5-13-27-25(30)22-12-11-20-7-1-2-8-21(20)19-22/h1-4,7-10,19H,5-6,11-18H2,(H,27,30). The molecule has 0 radical (unpaired) electrons. The van der Waals surface area contributed by atoms with Gasteiger partial charge in [-0.25, -0.2) is 0 Å². The van der Waals surface area contributed by atoms with Crippen molar-refractivity contribution >= 4 is 29.3 Å². The van der Waals surface area contributed by atoms with E-state index in [0.717, 1.165) is 81.2 Å². The molecular weight excluding hydrogens is 394 g/mol. The van der Waals surface area contributed by atoms with E-state index in [9.17, 15) is 4.79 Å². The van der Waals surface area contributed by atoms with Crippen LogP contribution in [0, 0.1) is 0 Å². The predicted molar refractivity (Wildman–Crippen MR) is 125 cm³/mol. The zero-order valence-corrected chi connectivity index (χ0v) is 18.2. The van der Waals surface area contributed by atoms with Gasteiger partial charge in [-0.1, -0.05) is 48.0 Å². The molecule has 4 rings (SSSR count). The molecule has 0 bridgehead atoms. The summed E-state index contributed by atoms with van der Waals surface area (Å²) in [6, 6.07) is 16.4. The molecule has 1 amide bonds. The lowest BCUT2D eigenvalue weighted by Crippen LogP contribution is -2.46. The molecule has 0 spiro atoms. The van der Waals surface area contributed by atoms with Crippen LogP contribution in [-0.2, 0) is 11.2 Å². The summed E-state index contributed by atoms with van der Waals surface area (Å²) in [5.41, 5.74) is 4.57. The van der Waals surface area contributed by atoms with E-state index in [-0.39, 0.29) is 5.91 Å². The largest absolute Gasteiger partial charge is 0.368 e. The number of nitrogens with zero attached hydrogens (tertiary/aromatic N) is 2. The van der Waals surface area contributed by atoms with Gasteiger partial charge in [0.25, 0.3) is 0 Å². The van der Waals surface area contributed by atoms with Gasteiger partial charge in [-0.2, -0.15) is 0 Å². The summed E-state index contributed by atoms with van der Waals surface area (Å²) in [5.74, 6) is 0.0952. The van der Waals surface area contributed by atoms with Crippen molar-refractivity contribution < 1.29 is 4.79 Å². The molecule has 1 N–H and O–H groups in total. The Bertz CT molecular complexity index is 903. The number of rotatable bonds is 7. The highest BCUT2D eigenvalue weighted by molar-refractivity contribution is 6.33. The molecule has 2 aliphatic rings. The molecule has 1 aliphatic carbocycles. The minimum Gasteiger partial charge on any atom is -0.368 e. The van der Waals surface area contributed by atoms with Crippen LogP contribution in [0.4, 0.5) is 5.69 Å². The maximum absolute atomic E-state index is 12.5. The number of carbonyl (C=O) groups is 1. The predicted octanol–water partition coefficient (Wildman–Crippen LogP) is 4.39. The number of amides is 1. The Morgan fingerprint density at radius 3 is 2.53 bits per heavy atom. The van der Waals surface area contributed by atoms with Gasteiger partial charge in [-0.3, -0.25) is 9.69 Å². The summed E-state index contributed by atoms with van der Waals surface area (Å²) in [5, 5.41) is 3.94. The van der Waals surface area contributed by atoms with E-state index in [1.165, 1.54) is 11.1 Å². The maximum atomic E-state index is 12.5. The summed E-state index contributed by atoms with van der Waals surface area (Å²) < 4.78 is 0. The summed E-state index contributed by atoms with van der Waals surface area (Å²) in [4.78, 5) is 17.3. The van der Waals surface area contributed by atoms with Crippen LogP contribution in [0.5, 0.6) is 0 Å². The number of benzene rings is 2. The molecule has 4 nitrogen and oxygen atoms in total. The number of halogens is 1. The highest BCUT2D eigenvalue weighted by atomic mass is 35.5. The second-order valence-electron chi connectivity index (χ2n) is 8.11. The minimum atomic E-state index is 0.0952. The second-order valence-corrected chi connectivity index (χ2v) is 8.52. The number of aryl methyl sites for hydroxylation is 1. The van der Waals surface area contributed by atoms with E-state index in [1.807, 2.05) is 30.3 Å². The molecule has 1 fully saturated rings. The number of hydrogen-bond acceptors (Lipinski definition) is 3. The van der Waals surface area contributed by atoms with Crippen LogP contribution >= 0.6 is 11.6 Å². The first-order valence-corrected chi connectivity index (χ1v) is 11.4. The van der Waals surface area contributed by atoms with Crippen LogP contribution < -0.4 is 10.2 Å². The normalized spacial score (nSPS) is 16.7. The van der Waals surface area contributed by atoms with Gasteiger partial charge in [0.15, 0.2) is 0 Å². The van der Waals surface area contributed by atoms with Crippen molar-refractivity contribution in [2.75, 3.05) is 44.2 Å². The highest BCUT2D eigenvalue weighted by Gasteiger charge is 2.18. The molecule has 30 heavy (non-hydrogen) atoms. The molecular formula is C25H30ClN3O. The van der Waals surface area contributed by atoms with Crippen molar-refractivity contribution in [3.05, 3.63) is 70.3 Å². The Balaban J connectivity index is 1.13. The fourth-order valence-corrected chi connectivity index (χ4v) is 4.56. The topological polar surface area (TPSA) is 35.6 Å². The van der Waals surface area contributed by atoms with Crippen molar-refractivity contribution in [2.24, 2.45) is 0 Å². The summed E-state index contributed by atoms with van der Waals surface area (Å²) in [6.07, 6.45) is 5.95. The molecule has 158 valence electrons. The molecule has 1 aliphatic heterocycles. The van der Waals surface area contributed by atoms with Crippen molar-refractivity contribution in [3.63, 3.8) is 0 Å². The third-order valence-corrected chi connectivity index (χ3v) is 6.41. The Kier molecular flexibility index (Phi) is 7.08. The Morgan fingerprint density at radius 2 is 1.70 bits per heavy atom. The molecule has 0 aromatic heterocycles. The fraction of sp³-hybridized carbons (Fsp3) is 0.400. The molecule has 0 unspecified atom stereocenters. The van der Waals surface area contributed by atoms with Crippen LogP contribution in [0.25, 0.3) is 6.08 Å². The van der Waals surface area contributed by atoms with Gasteiger partial charge < -0.3 is 10.2 Å². The van der Waals surface area contributed by atoms with E-state index in [0.29, 0.717) is 0 Å². The molecule has 1 heterocycles. The Hall–Kier alpha value is -2.30. The zero-order valence-electron chi connectivity index (χ0n) is 17.4. The zero-order chi connectivity index (χ0) is 20.8. The number of para-hydroxylation sites is 1. The van der Waals surface area contributed by atoms with Crippen molar-refractivity contribution in [2.45, 2.75) is 25.7 Å². The van der Waals surface area contributed by atoms with E-state index < -0.39 is 0 Å². The van der Waals surface area contributed by atoms with Gasteiger partial charge in [0.05, 0.1) is 10.7 Å². The van der Waals surface area contributed by atoms with Crippen LogP contribution in [0.3, 0.4) is 0 Å². The van der Waals surface area contributed by atoms with Gasteiger partial charge in [-0.05, 0) is 61.6 Å². The average molecular weight is 424 g/mol. The second kappa shape index (κ2) is 10.1. The van der Waals surface area contributed by atoms with Gasteiger partial charge >= 0.3 is 0 Å². The quantitative estimate of drug-likeness (QED) is 0.671. The van der Waals surface area contributed by atoms with Crippen LogP contribution in [0.2, 0.25) is 5.02 Å². The van der Waals surface area contributed by atoms with Crippen LogP contribution in [0.15, 0.2) is 54.1 Å². The number of piperazine rings is 1. The number of fused-ring (bicyclic) bond motifs is 1. The molecule has 1 saturated heterocycles. The highest BCUT2D eigenvalue weighted by Crippen LogP contribution is 2.26. The molecule has 5 heteroatoms. The first kappa shape index (κ1) is 21.0. The van der Waals surface area contributed by atoms with Crippen molar-refractivity contribution in [1.82, 2.24) is 10.2 Å². The Morgan fingerprint density at radius 1 is 0.933 bits per heavy atom. The van der Waals surface area contributed by atoms with Crippen molar-refractivity contribution in [1.29, 1.82) is 0 Å². The molecule has 0 saturated carbocycles. The third-order valence-electron chi connectivity index (χ3n) is 6.09. The lowest BCUT2D eigenvalue weighted by molar-refractivity contribution is -0.117. The molecule has 2 aromatic rings. The first-order chi connectivity index (χ1) is 14.7. The third kappa shape index (κ3) is 5.24. The first-order valence-electron chi connectivity index (χ1n) is 11.0. The van der Waals surface area contributed by atoms with Gasteiger partial charge in [0, 0.05) is 38.3 Å². The summed E-state index contributed by atoms with van der Waals surface area (Å²) >= 11 is 6.33. The van der Waals surface area contributed by atoms with E-state index >= 15 is 0 Å². The van der Waals surface area contributed by atoms with Gasteiger partial charge in [-0.15, -0.1) is 0 Å². The minimum absolute atomic E-state index is 0.0952. The average Bonchev–Trinajstić information content (AvgIpc) is 2.79.